The Bertz CT molecular complexity index is 962. The molecular weight excluding hydrogens is 424 g/mol. The topological polar surface area (TPSA) is 118 Å². The smallest absolute Gasteiger partial charge is 0.306 e. The summed E-state index contributed by atoms with van der Waals surface area (Å²) in [4.78, 5) is 47.7. The van der Waals surface area contributed by atoms with E-state index in [0.29, 0.717) is 19.3 Å². The molecule has 0 saturated heterocycles. The van der Waals surface area contributed by atoms with Gasteiger partial charge in [-0.15, -0.1) is 0 Å². The van der Waals surface area contributed by atoms with Gasteiger partial charge in [0.05, 0.1) is 12.8 Å². The van der Waals surface area contributed by atoms with Gasteiger partial charge in [0.1, 0.15) is 5.60 Å². The van der Waals surface area contributed by atoms with Crippen molar-refractivity contribution < 1.29 is 34.1 Å². The summed E-state index contributed by atoms with van der Waals surface area (Å²) in [5, 5.41) is 20.5. The van der Waals surface area contributed by atoms with Crippen LogP contribution < -0.4 is 0 Å². The summed E-state index contributed by atoms with van der Waals surface area (Å²) in [6.07, 6.45) is 7.78. The van der Waals surface area contributed by atoms with E-state index in [0.717, 1.165) is 19.3 Å². The van der Waals surface area contributed by atoms with Crippen molar-refractivity contribution in [1.29, 1.82) is 0 Å². The molecule has 2 saturated carbocycles. The van der Waals surface area contributed by atoms with Gasteiger partial charge in [-0.2, -0.15) is 0 Å². The minimum atomic E-state index is -1.62. The predicted molar refractivity (Wildman–Crippen MR) is 119 cm³/mol. The van der Waals surface area contributed by atoms with Gasteiger partial charge in [-0.1, -0.05) is 38.0 Å². The molecule has 0 spiro atoms. The molecule has 33 heavy (non-hydrogen) atoms. The highest BCUT2D eigenvalue weighted by atomic mass is 16.5. The highest BCUT2D eigenvalue weighted by Crippen LogP contribution is 2.66. The third-order valence-electron chi connectivity index (χ3n) is 9.25. The number of allylic oxidation sites excluding steroid dienone is 4. The number of aliphatic carboxylic acids is 1. The summed E-state index contributed by atoms with van der Waals surface area (Å²) in [6, 6.07) is 0. The Morgan fingerprint density at radius 3 is 2.61 bits per heavy atom. The third kappa shape index (κ3) is 3.59. The zero-order chi connectivity index (χ0) is 24.2. The number of carbonyl (C=O) groups excluding carboxylic acids is 3. The number of hydrogen-bond donors (Lipinski definition) is 2. The maximum Gasteiger partial charge on any atom is 0.306 e. The van der Waals surface area contributed by atoms with Crippen LogP contribution in [0.1, 0.15) is 72.1 Å². The van der Waals surface area contributed by atoms with E-state index in [1.807, 2.05) is 19.9 Å². The first-order valence-electron chi connectivity index (χ1n) is 12.0. The molecule has 4 rings (SSSR count). The van der Waals surface area contributed by atoms with Crippen LogP contribution in [0.25, 0.3) is 0 Å². The number of Topliss-reactive ketones (excluding diaryl/α,β-unsaturated/α-hetero) is 1. The Balaban J connectivity index is 1.57. The summed E-state index contributed by atoms with van der Waals surface area (Å²) in [6.45, 7) is 5.56. The molecule has 0 aromatic carbocycles. The van der Waals surface area contributed by atoms with Crippen LogP contribution in [0.3, 0.4) is 0 Å². The summed E-state index contributed by atoms with van der Waals surface area (Å²) in [5.41, 5.74) is 0.167. The number of aliphatic hydroxyl groups is 1. The number of rotatable bonds is 6. The molecule has 0 radical (unpaired) electrons. The highest BCUT2D eigenvalue weighted by Gasteiger charge is 2.67. The van der Waals surface area contributed by atoms with E-state index in [1.54, 1.807) is 0 Å². The molecule has 180 valence electrons. The largest absolute Gasteiger partial charge is 0.481 e. The molecule has 4 aliphatic carbocycles. The maximum atomic E-state index is 13.3. The van der Waals surface area contributed by atoms with E-state index in [4.69, 9.17) is 9.84 Å². The lowest BCUT2D eigenvalue weighted by Gasteiger charge is -2.54. The average molecular weight is 459 g/mol. The SMILES string of the molecule is C[C@@H]1C[C@H]2[C@@H]3CCC4=CC(=O)CC[C@]4(C)C3=CC[C@]2(C)[C@@]1(O)C(=O)COC(=O)CCC(=O)O. The lowest BCUT2D eigenvalue weighted by molar-refractivity contribution is -0.168. The van der Waals surface area contributed by atoms with E-state index >= 15 is 0 Å². The fourth-order valence-electron chi connectivity index (χ4n) is 7.33. The van der Waals surface area contributed by atoms with Gasteiger partial charge in [-0.05, 0) is 55.9 Å². The molecule has 0 amide bonds. The Hall–Kier alpha value is -2.28. The first-order chi connectivity index (χ1) is 15.4. The van der Waals surface area contributed by atoms with Gasteiger partial charge in [0.15, 0.2) is 12.4 Å². The standard InChI is InChI=1S/C26H34O7/c1-15-12-20-18-5-4-16-13-17(27)8-10-24(16,2)19(18)9-11-25(20,3)26(15,32)21(28)14-33-23(31)7-6-22(29)30/h9,13,15,18,20,32H,4-8,10-12,14H2,1-3H3,(H,29,30)/t15-,18-,20+,24+,25+,26+/m1/s1. The van der Waals surface area contributed by atoms with Crippen LogP contribution in [0.4, 0.5) is 0 Å². The second-order valence-corrected chi connectivity index (χ2v) is 10.9. The molecule has 4 aliphatic rings. The lowest BCUT2D eigenvalue weighted by atomic mass is 9.50. The second kappa shape index (κ2) is 8.19. The first kappa shape index (κ1) is 23.9. The fraction of sp³-hybridized carbons (Fsp3) is 0.692. The van der Waals surface area contributed by atoms with Gasteiger partial charge in [0, 0.05) is 17.3 Å². The number of esters is 1. The van der Waals surface area contributed by atoms with Crippen LogP contribution in [0.5, 0.6) is 0 Å². The molecule has 7 heteroatoms. The minimum Gasteiger partial charge on any atom is -0.481 e. The van der Waals surface area contributed by atoms with Gasteiger partial charge in [0.25, 0.3) is 0 Å². The Morgan fingerprint density at radius 1 is 1.18 bits per heavy atom. The lowest BCUT2D eigenvalue weighted by Crippen LogP contribution is -2.57. The van der Waals surface area contributed by atoms with Crippen molar-refractivity contribution in [3.63, 3.8) is 0 Å². The first-order valence-corrected chi connectivity index (χ1v) is 12.0. The van der Waals surface area contributed by atoms with Gasteiger partial charge >= 0.3 is 11.9 Å². The monoisotopic (exact) mass is 458 g/mol. The fourth-order valence-corrected chi connectivity index (χ4v) is 7.33. The molecule has 7 nitrogen and oxygen atoms in total. The molecular formula is C26H34O7. The van der Waals surface area contributed by atoms with Crippen LogP contribution in [0, 0.1) is 28.6 Å². The Labute approximate surface area is 194 Å². The number of ketones is 2. The quantitative estimate of drug-likeness (QED) is 0.463. The van der Waals surface area contributed by atoms with E-state index < -0.39 is 35.3 Å². The number of carboxylic acid groups (broad SMARTS) is 1. The number of carbonyl (C=O) groups is 4. The maximum absolute atomic E-state index is 13.3. The second-order valence-electron chi connectivity index (χ2n) is 10.9. The van der Waals surface area contributed by atoms with Crippen molar-refractivity contribution in [3.05, 3.63) is 23.3 Å². The van der Waals surface area contributed by atoms with E-state index in [2.05, 4.69) is 13.0 Å². The number of hydrogen-bond acceptors (Lipinski definition) is 6. The number of fused-ring (bicyclic) bond motifs is 5. The van der Waals surface area contributed by atoms with Crippen LogP contribution in [0.2, 0.25) is 0 Å². The zero-order valence-electron chi connectivity index (χ0n) is 19.7. The molecule has 0 unspecified atom stereocenters. The van der Waals surface area contributed by atoms with Gasteiger partial charge in [-0.3, -0.25) is 19.2 Å². The molecule has 0 heterocycles. The summed E-state index contributed by atoms with van der Waals surface area (Å²) < 4.78 is 5.04. The highest BCUT2D eigenvalue weighted by molar-refractivity contribution is 5.92. The van der Waals surface area contributed by atoms with Gasteiger partial charge < -0.3 is 14.9 Å². The summed E-state index contributed by atoms with van der Waals surface area (Å²) in [5.74, 6) is -2.08. The molecule has 6 atom stereocenters. The van der Waals surface area contributed by atoms with Crippen molar-refractivity contribution in [3.8, 4) is 0 Å². The molecule has 2 N–H and O–H groups in total. The van der Waals surface area contributed by atoms with Crippen molar-refractivity contribution in [2.75, 3.05) is 6.61 Å². The van der Waals surface area contributed by atoms with Gasteiger partial charge in [-0.25, -0.2) is 0 Å². The summed E-state index contributed by atoms with van der Waals surface area (Å²) in [7, 11) is 0. The van der Waals surface area contributed by atoms with E-state index in [-0.39, 0.29) is 41.8 Å². The molecule has 0 bridgehead atoms. The minimum absolute atomic E-state index is 0.119. The van der Waals surface area contributed by atoms with Gasteiger partial charge in [0.2, 0.25) is 5.78 Å². The van der Waals surface area contributed by atoms with Crippen molar-refractivity contribution >= 4 is 23.5 Å². The molecule has 0 aliphatic heterocycles. The van der Waals surface area contributed by atoms with Crippen LogP contribution in [-0.2, 0) is 23.9 Å². The van der Waals surface area contributed by atoms with Crippen LogP contribution in [-0.4, -0.2) is 45.9 Å². The normalized spacial score (nSPS) is 39.5. The van der Waals surface area contributed by atoms with Crippen molar-refractivity contribution in [1.82, 2.24) is 0 Å². The number of ether oxygens (including phenoxy) is 1. The number of carboxylic acids is 1. The molecule has 2 fully saturated rings. The summed E-state index contributed by atoms with van der Waals surface area (Å²) >= 11 is 0. The Morgan fingerprint density at radius 2 is 1.91 bits per heavy atom. The third-order valence-corrected chi connectivity index (χ3v) is 9.25. The molecule has 0 aromatic rings. The van der Waals surface area contributed by atoms with E-state index in [9.17, 15) is 24.3 Å². The average Bonchev–Trinajstić information content (AvgIpc) is 2.98. The van der Waals surface area contributed by atoms with Crippen molar-refractivity contribution in [2.45, 2.75) is 77.7 Å². The predicted octanol–water partition coefficient (Wildman–Crippen LogP) is 3.39. The Kier molecular flexibility index (Phi) is 5.92. The van der Waals surface area contributed by atoms with Crippen LogP contribution in [0.15, 0.2) is 23.3 Å². The molecule has 0 aromatic heterocycles. The zero-order valence-corrected chi connectivity index (χ0v) is 19.7. The van der Waals surface area contributed by atoms with Crippen LogP contribution >= 0.6 is 0 Å². The van der Waals surface area contributed by atoms with E-state index in [1.165, 1.54) is 11.1 Å². The van der Waals surface area contributed by atoms with Crippen molar-refractivity contribution in [2.24, 2.45) is 28.6 Å².